The standard InChI is InChI=1S/C6H10ClNOS/c1-6(2,3-4-8)5-10(7)9/h3,5H2,1-2H3. The van der Waals surface area contributed by atoms with Crippen molar-refractivity contribution in [3.8, 4) is 6.07 Å². The molecular weight excluding hydrogens is 170 g/mol. The van der Waals surface area contributed by atoms with Crippen molar-refractivity contribution in [2.24, 2.45) is 5.41 Å². The van der Waals surface area contributed by atoms with Gasteiger partial charge in [0.1, 0.15) is 10.0 Å². The minimum absolute atomic E-state index is 0.221. The molecule has 0 radical (unpaired) electrons. The maximum Gasteiger partial charge on any atom is 0.115 e. The molecule has 0 saturated heterocycles. The van der Waals surface area contributed by atoms with Gasteiger partial charge >= 0.3 is 0 Å². The van der Waals surface area contributed by atoms with E-state index in [1.165, 1.54) is 0 Å². The minimum atomic E-state index is -1.32. The number of rotatable bonds is 3. The quantitative estimate of drug-likeness (QED) is 0.621. The van der Waals surface area contributed by atoms with Crippen molar-refractivity contribution in [3.05, 3.63) is 0 Å². The largest absolute Gasteiger partial charge is 0.243 e. The molecular formula is C6H10ClNOS. The molecule has 0 N–H and O–H groups in total. The summed E-state index contributed by atoms with van der Waals surface area (Å²) in [5.41, 5.74) is -0.221. The van der Waals surface area contributed by atoms with E-state index in [1.807, 2.05) is 19.9 Å². The molecule has 0 aliphatic carbocycles. The van der Waals surface area contributed by atoms with E-state index in [9.17, 15) is 4.21 Å². The number of nitriles is 1. The molecule has 0 rings (SSSR count). The van der Waals surface area contributed by atoms with E-state index in [2.05, 4.69) is 0 Å². The van der Waals surface area contributed by atoms with Crippen LogP contribution < -0.4 is 0 Å². The molecule has 1 atom stereocenters. The summed E-state index contributed by atoms with van der Waals surface area (Å²) in [5, 5.41) is 8.32. The number of halogens is 1. The fraction of sp³-hybridized carbons (Fsp3) is 0.833. The average Bonchev–Trinajstić information content (AvgIpc) is 1.59. The van der Waals surface area contributed by atoms with Crippen LogP contribution >= 0.6 is 10.7 Å². The zero-order chi connectivity index (χ0) is 8.20. The van der Waals surface area contributed by atoms with Crippen LogP contribution in [0.5, 0.6) is 0 Å². The molecule has 0 saturated carbocycles. The van der Waals surface area contributed by atoms with Crippen molar-refractivity contribution in [1.82, 2.24) is 0 Å². The van der Waals surface area contributed by atoms with Gasteiger partial charge in [-0.15, -0.1) is 0 Å². The molecule has 0 aromatic carbocycles. The Labute approximate surface area is 68.1 Å². The van der Waals surface area contributed by atoms with Crippen LogP contribution in [0.3, 0.4) is 0 Å². The van der Waals surface area contributed by atoms with E-state index in [0.29, 0.717) is 12.2 Å². The highest BCUT2D eigenvalue weighted by Gasteiger charge is 2.19. The van der Waals surface area contributed by atoms with Gasteiger partial charge in [-0.3, -0.25) is 0 Å². The fourth-order valence-electron chi connectivity index (χ4n) is 0.572. The second kappa shape index (κ2) is 3.95. The van der Waals surface area contributed by atoms with Crippen LogP contribution in [0.1, 0.15) is 20.3 Å². The molecule has 0 amide bonds. The minimum Gasteiger partial charge on any atom is -0.243 e. The van der Waals surface area contributed by atoms with Crippen molar-refractivity contribution in [2.75, 3.05) is 5.75 Å². The van der Waals surface area contributed by atoms with Gasteiger partial charge in [0.25, 0.3) is 0 Å². The Kier molecular flexibility index (Phi) is 3.92. The Hall–Kier alpha value is -0.0700. The topological polar surface area (TPSA) is 40.9 Å². The second-order valence-electron chi connectivity index (χ2n) is 2.93. The zero-order valence-corrected chi connectivity index (χ0v) is 7.63. The van der Waals surface area contributed by atoms with Crippen LogP contribution in [0, 0.1) is 16.7 Å². The van der Waals surface area contributed by atoms with Crippen molar-refractivity contribution >= 4 is 20.7 Å². The smallest absolute Gasteiger partial charge is 0.115 e. The van der Waals surface area contributed by atoms with E-state index in [4.69, 9.17) is 15.9 Å². The summed E-state index contributed by atoms with van der Waals surface area (Å²) < 4.78 is 10.5. The van der Waals surface area contributed by atoms with Gasteiger partial charge in [0.15, 0.2) is 0 Å². The van der Waals surface area contributed by atoms with Gasteiger partial charge in [-0.2, -0.15) is 5.26 Å². The van der Waals surface area contributed by atoms with Crippen LogP contribution in [0.4, 0.5) is 0 Å². The summed E-state index contributed by atoms with van der Waals surface area (Å²) in [5.74, 6) is 0.377. The Morgan fingerprint density at radius 1 is 1.70 bits per heavy atom. The molecule has 58 valence electrons. The Balaban J connectivity index is 3.89. The molecule has 2 nitrogen and oxygen atoms in total. The summed E-state index contributed by atoms with van der Waals surface area (Å²) >= 11 is 0. The van der Waals surface area contributed by atoms with Gasteiger partial charge in [-0.1, -0.05) is 13.8 Å². The van der Waals surface area contributed by atoms with Crippen LogP contribution in [0.15, 0.2) is 0 Å². The van der Waals surface area contributed by atoms with Gasteiger partial charge < -0.3 is 0 Å². The van der Waals surface area contributed by atoms with E-state index < -0.39 is 10.0 Å². The molecule has 0 aromatic heterocycles. The third-order valence-electron chi connectivity index (χ3n) is 1.06. The van der Waals surface area contributed by atoms with Crippen molar-refractivity contribution in [2.45, 2.75) is 20.3 Å². The Morgan fingerprint density at radius 3 is 2.50 bits per heavy atom. The summed E-state index contributed by atoms with van der Waals surface area (Å²) in [6.45, 7) is 3.74. The molecule has 10 heavy (non-hydrogen) atoms. The van der Waals surface area contributed by atoms with Gasteiger partial charge in [0.05, 0.1) is 6.07 Å². The first-order chi connectivity index (χ1) is 4.48. The predicted octanol–water partition coefficient (Wildman–Crippen LogP) is 1.83. The first kappa shape index (κ1) is 9.93. The summed E-state index contributed by atoms with van der Waals surface area (Å²) in [6.07, 6.45) is 0.394. The Bertz CT molecular complexity index is 173. The van der Waals surface area contributed by atoms with Crippen molar-refractivity contribution in [1.29, 1.82) is 5.26 Å². The molecule has 0 aliphatic rings. The summed E-state index contributed by atoms with van der Waals surface area (Å²) in [4.78, 5) is 0. The van der Waals surface area contributed by atoms with Gasteiger partial charge in [-0.05, 0) is 16.1 Å². The van der Waals surface area contributed by atoms with Crippen LogP contribution in [0.25, 0.3) is 0 Å². The Morgan fingerprint density at radius 2 is 2.20 bits per heavy atom. The number of nitrogens with zero attached hydrogens (tertiary/aromatic N) is 1. The SMILES string of the molecule is CC(C)(CC#N)CS(=O)Cl. The molecule has 0 spiro atoms. The van der Waals surface area contributed by atoms with E-state index >= 15 is 0 Å². The van der Waals surface area contributed by atoms with Crippen LogP contribution in [-0.4, -0.2) is 9.96 Å². The molecule has 4 heteroatoms. The van der Waals surface area contributed by atoms with Crippen molar-refractivity contribution in [3.63, 3.8) is 0 Å². The zero-order valence-electron chi connectivity index (χ0n) is 6.06. The second-order valence-corrected chi connectivity index (χ2v) is 4.83. The van der Waals surface area contributed by atoms with Crippen LogP contribution in [0.2, 0.25) is 0 Å². The summed E-state index contributed by atoms with van der Waals surface area (Å²) in [6, 6.07) is 2.02. The maximum atomic E-state index is 10.5. The normalized spacial score (nSPS) is 14.2. The van der Waals surface area contributed by atoms with E-state index in [-0.39, 0.29) is 5.41 Å². The number of hydrogen-bond acceptors (Lipinski definition) is 2. The molecule has 0 aromatic rings. The lowest BCUT2D eigenvalue weighted by Crippen LogP contribution is -2.17. The lowest BCUT2D eigenvalue weighted by atomic mass is 9.93. The highest BCUT2D eigenvalue weighted by molar-refractivity contribution is 8.08. The van der Waals surface area contributed by atoms with Gasteiger partial charge in [0.2, 0.25) is 0 Å². The van der Waals surface area contributed by atoms with Gasteiger partial charge in [0, 0.05) is 12.2 Å². The third kappa shape index (κ3) is 4.78. The predicted molar refractivity (Wildman–Crippen MR) is 42.9 cm³/mol. The molecule has 1 unspecified atom stereocenters. The van der Waals surface area contributed by atoms with E-state index in [1.54, 1.807) is 0 Å². The molecule has 0 fully saturated rings. The van der Waals surface area contributed by atoms with Crippen LogP contribution in [-0.2, 0) is 10.0 Å². The molecule has 0 heterocycles. The highest BCUT2D eigenvalue weighted by atomic mass is 35.7. The number of hydrogen-bond donors (Lipinski definition) is 0. The lowest BCUT2D eigenvalue weighted by molar-refractivity contribution is 0.432. The summed E-state index contributed by atoms with van der Waals surface area (Å²) in [7, 11) is 3.95. The van der Waals surface area contributed by atoms with Crippen molar-refractivity contribution < 1.29 is 4.21 Å². The first-order valence-corrected chi connectivity index (χ1v) is 5.04. The third-order valence-corrected chi connectivity index (χ3v) is 2.40. The average molecular weight is 180 g/mol. The lowest BCUT2D eigenvalue weighted by Gasteiger charge is -2.17. The monoisotopic (exact) mass is 179 g/mol. The van der Waals surface area contributed by atoms with Gasteiger partial charge in [-0.25, -0.2) is 4.21 Å². The van der Waals surface area contributed by atoms with E-state index in [0.717, 1.165) is 0 Å². The fourth-order valence-corrected chi connectivity index (χ4v) is 2.17. The highest BCUT2D eigenvalue weighted by Crippen LogP contribution is 2.21. The maximum absolute atomic E-state index is 10.5. The molecule has 0 aliphatic heterocycles. The first-order valence-electron chi connectivity index (χ1n) is 2.89. The molecule has 0 bridgehead atoms.